The minimum absolute atomic E-state index is 0.00711. The smallest absolute Gasteiger partial charge is 0.303 e. The molecule has 0 aromatic heterocycles. The number of carboxylic acid groups (broad SMARTS) is 1. The van der Waals surface area contributed by atoms with E-state index in [1.807, 2.05) is 6.92 Å². The van der Waals surface area contributed by atoms with Crippen LogP contribution in [0.3, 0.4) is 0 Å². The van der Waals surface area contributed by atoms with Gasteiger partial charge in [0.15, 0.2) is 5.72 Å². The van der Waals surface area contributed by atoms with Crippen molar-refractivity contribution in [2.24, 2.45) is 5.92 Å². The van der Waals surface area contributed by atoms with Crippen molar-refractivity contribution in [3.8, 4) is 0 Å². The van der Waals surface area contributed by atoms with Gasteiger partial charge in [-0.25, -0.2) is 4.39 Å². The summed E-state index contributed by atoms with van der Waals surface area (Å²) >= 11 is 12.4. The van der Waals surface area contributed by atoms with Crippen LogP contribution in [0.25, 0.3) is 0 Å². The topological polar surface area (TPSA) is 107 Å². The Hall–Kier alpha value is -3.01. The predicted molar refractivity (Wildman–Crippen MR) is 165 cm³/mol. The standard InChI is InChI=1S/C34H36Cl2FNO6/c1-3-33(43,21-8-14-26(39)15-9-21)23-18-27-31(28(37)19-23)34(44-2,22-6-12-25(36)13-7-22)38(32(27)42)29(16-17-30(40)41)20-4-10-24(35)11-5-20/h4-7,10-13,18-19,21,26,29,39,43H,3,8-9,14-17H2,1-2H3,(H,40,41)/t21?,26?,29-,33-,34+/m0/s1. The number of aliphatic hydroxyl groups is 2. The van der Waals surface area contributed by atoms with Gasteiger partial charge in [-0.1, -0.05) is 54.4 Å². The lowest BCUT2D eigenvalue weighted by molar-refractivity contribution is -0.138. The largest absolute Gasteiger partial charge is 0.481 e. The third kappa shape index (κ3) is 5.63. The van der Waals surface area contributed by atoms with Gasteiger partial charge >= 0.3 is 5.97 Å². The fourth-order valence-electron chi connectivity index (χ4n) is 7.07. The van der Waals surface area contributed by atoms with Crippen molar-refractivity contribution in [3.63, 3.8) is 0 Å². The SMILES string of the molecule is CC[C@@](O)(c1cc(F)c2c(c1)C(=O)N([C@@H](CCC(=O)O)c1ccc(Cl)cc1)[C@@]2(OC)c1ccc(Cl)cc1)C1CCC(O)CC1. The van der Waals surface area contributed by atoms with Gasteiger partial charge in [-0.2, -0.15) is 0 Å². The Morgan fingerprint density at radius 2 is 1.66 bits per heavy atom. The lowest BCUT2D eigenvalue weighted by Crippen LogP contribution is -2.48. The molecule has 0 saturated heterocycles. The highest BCUT2D eigenvalue weighted by atomic mass is 35.5. The normalized spacial score (nSPS) is 23.7. The van der Waals surface area contributed by atoms with Gasteiger partial charge in [0.2, 0.25) is 0 Å². The summed E-state index contributed by atoms with van der Waals surface area (Å²) in [6.45, 7) is 1.82. The van der Waals surface area contributed by atoms with Crippen molar-refractivity contribution in [1.29, 1.82) is 0 Å². The summed E-state index contributed by atoms with van der Waals surface area (Å²) in [4.78, 5) is 27.8. The zero-order chi connectivity index (χ0) is 31.8. The number of amides is 1. The molecule has 0 radical (unpaired) electrons. The van der Waals surface area contributed by atoms with E-state index in [-0.39, 0.29) is 41.9 Å². The Balaban J connectivity index is 1.74. The molecule has 0 bridgehead atoms. The predicted octanol–water partition coefficient (Wildman–Crippen LogP) is 7.19. The molecule has 1 amide bonds. The number of carbonyl (C=O) groups excluding carboxylic acids is 1. The molecule has 2 aliphatic rings. The lowest BCUT2D eigenvalue weighted by atomic mass is 9.71. The third-order valence-electron chi connectivity index (χ3n) is 9.36. The summed E-state index contributed by atoms with van der Waals surface area (Å²) in [5, 5.41) is 32.6. The number of halogens is 3. The molecule has 1 heterocycles. The maximum absolute atomic E-state index is 16.7. The van der Waals surface area contributed by atoms with Gasteiger partial charge in [-0.15, -0.1) is 0 Å². The van der Waals surface area contributed by atoms with E-state index < -0.39 is 41.2 Å². The summed E-state index contributed by atoms with van der Waals surface area (Å²) < 4.78 is 22.9. The van der Waals surface area contributed by atoms with Crippen LogP contribution in [0.2, 0.25) is 10.0 Å². The highest BCUT2D eigenvalue weighted by molar-refractivity contribution is 6.30. The number of hydrogen-bond donors (Lipinski definition) is 3. The molecule has 3 aromatic rings. The Kier molecular flexibility index (Phi) is 9.40. The van der Waals surface area contributed by atoms with E-state index in [2.05, 4.69) is 0 Å². The zero-order valence-electron chi connectivity index (χ0n) is 24.6. The van der Waals surface area contributed by atoms with Crippen molar-refractivity contribution in [1.82, 2.24) is 4.90 Å². The number of nitrogens with zero attached hydrogens (tertiary/aromatic N) is 1. The molecule has 234 valence electrons. The fraction of sp³-hybridized carbons (Fsp3) is 0.412. The van der Waals surface area contributed by atoms with E-state index in [1.54, 1.807) is 54.6 Å². The number of methoxy groups -OCH3 is 1. The monoisotopic (exact) mass is 643 g/mol. The van der Waals surface area contributed by atoms with Crippen molar-refractivity contribution in [2.75, 3.05) is 7.11 Å². The molecular weight excluding hydrogens is 608 g/mol. The summed E-state index contributed by atoms with van der Waals surface area (Å²) in [5.74, 6) is -2.59. The van der Waals surface area contributed by atoms with Gasteiger partial charge in [0.05, 0.1) is 28.9 Å². The maximum Gasteiger partial charge on any atom is 0.303 e. The molecule has 3 N–H and O–H groups in total. The molecule has 1 saturated carbocycles. The lowest BCUT2D eigenvalue weighted by Gasteiger charge is -2.43. The molecule has 1 aliphatic carbocycles. The van der Waals surface area contributed by atoms with Gasteiger partial charge in [-0.05, 0) is 92.0 Å². The quantitative estimate of drug-likeness (QED) is 0.216. The van der Waals surface area contributed by atoms with Gasteiger partial charge < -0.3 is 20.1 Å². The van der Waals surface area contributed by atoms with Crippen molar-refractivity contribution in [3.05, 3.63) is 104 Å². The Morgan fingerprint density at radius 3 is 2.20 bits per heavy atom. The molecule has 5 rings (SSSR count). The van der Waals surface area contributed by atoms with Gasteiger partial charge in [0, 0.05) is 29.1 Å². The number of carboxylic acids is 1. The van der Waals surface area contributed by atoms with Gasteiger partial charge in [0.25, 0.3) is 5.91 Å². The molecule has 0 unspecified atom stereocenters. The molecule has 1 aliphatic heterocycles. The van der Waals surface area contributed by atoms with Crippen LogP contribution in [0.5, 0.6) is 0 Å². The summed E-state index contributed by atoms with van der Waals surface area (Å²) in [7, 11) is 1.38. The molecule has 3 aromatic carbocycles. The maximum atomic E-state index is 16.7. The number of carbonyl (C=O) groups is 2. The molecular formula is C34H36Cl2FNO6. The number of benzene rings is 3. The highest BCUT2D eigenvalue weighted by Crippen LogP contribution is 2.53. The molecule has 0 spiro atoms. The van der Waals surface area contributed by atoms with Crippen LogP contribution in [-0.2, 0) is 20.9 Å². The first-order chi connectivity index (χ1) is 21.0. The van der Waals surface area contributed by atoms with Crippen LogP contribution in [0.15, 0.2) is 60.7 Å². The van der Waals surface area contributed by atoms with Crippen LogP contribution in [-0.4, -0.2) is 45.3 Å². The van der Waals surface area contributed by atoms with E-state index in [0.717, 1.165) is 0 Å². The Bertz CT molecular complexity index is 1530. The molecule has 10 heteroatoms. The van der Waals surface area contributed by atoms with E-state index in [9.17, 15) is 24.9 Å². The fourth-order valence-corrected chi connectivity index (χ4v) is 7.33. The number of aliphatic carboxylic acids is 1. The molecule has 1 fully saturated rings. The number of ether oxygens (including phenoxy) is 1. The molecule has 44 heavy (non-hydrogen) atoms. The second-order valence-corrected chi connectivity index (χ2v) is 12.6. The van der Waals surface area contributed by atoms with Gasteiger partial charge in [-0.3, -0.25) is 14.5 Å². The summed E-state index contributed by atoms with van der Waals surface area (Å²) in [5.41, 5.74) is -1.93. The van der Waals surface area contributed by atoms with Crippen molar-refractivity contribution < 1.29 is 34.0 Å². The van der Waals surface area contributed by atoms with Gasteiger partial charge in [0.1, 0.15) is 5.82 Å². The van der Waals surface area contributed by atoms with E-state index in [4.69, 9.17) is 27.9 Å². The number of hydrogen-bond acceptors (Lipinski definition) is 5. The first kappa shape index (κ1) is 32.4. The molecule has 7 nitrogen and oxygen atoms in total. The average molecular weight is 645 g/mol. The van der Waals surface area contributed by atoms with E-state index >= 15 is 4.39 Å². The Morgan fingerprint density at radius 1 is 1.07 bits per heavy atom. The van der Waals surface area contributed by atoms with Crippen molar-refractivity contribution >= 4 is 35.1 Å². The summed E-state index contributed by atoms with van der Waals surface area (Å²) in [6.07, 6.45) is 1.76. The van der Waals surface area contributed by atoms with Crippen LogP contribution < -0.4 is 0 Å². The number of rotatable bonds is 10. The van der Waals surface area contributed by atoms with Crippen LogP contribution >= 0.6 is 23.2 Å². The number of aliphatic hydroxyl groups excluding tert-OH is 1. The summed E-state index contributed by atoms with van der Waals surface area (Å²) in [6, 6.07) is 15.2. The van der Waals surface area contributed by atoms with Crippen molar-refractivity contribution in [2.45, 2.75) is 75.3 Å². The highest BCUT2D eigenvalue weighted by Gasteiger charge is 2.57. The first-order valence-corrected chi connectivity index (χ1v) is 15.6. The molecule has 3 atom stereocenters. The van der Waals surface area contributed by atoms with Crippen LogP contribution in [0.1, 0.15) is 90.5 Å². The minimum atomic E-state index is -1.79. The minimum Gasteiger partial charge on any atom is -0.481 e. The number of fused-ring (bicyclic) bond motifs is 1. The zero-order valence-corrected chi connectivity index (χ0v) is 26.1. The van der Waals surface area contributed by atoms with E-state index in [0.29, 0.717) is 46.9 Å². The van der Waals surface area contributed by atoms with Crippen LogP contribution in [0.4, 0.5) is 4.39 Å². The van der Waals surface area contributed by atoms with E-state index in [1.165, 1.54) is 18.1 Å². The van der Waals surface area contributed by atoms with Crippen LogP contribution in [0, 0.1) is 11.7 Å². The second-order valence-electron chi connectivity index (χ2n) is 11.7. The second kappa shape index (κ2) is 12.8. The average Bonchev–Trinajstić information content (AvgIpc) is 3.27. The Labute approximate surface area is 266 Å². The third-order valence-corrected chi connectivity index (χ3v) is 9.86. The first-order valence-electron chi connectivity index (χ1n) is 14.8.